The highest BCUT2D eigenvalue weighted by Crippen LogP contribution is 2.31. The number of rotatable bonds is 0. The number of nitrogens with two attached hydrogens (primary N) is 1. The molecule has 1 heterocycles. The van der Waals surface area contributed by atoms with Crippen LogP contribution in [0.3, 0.4) is 0 Å². The summed E-state index contributed by atoms with van der Waals surface area (Å²) in [6.07, 6.45) is 0. The fourth-order valence-corrected chi connectivity index (χ4v) is 1.82. The molecule has 3 N–H and O–H groups in total. The topological polar surface area (TPSA) is 41.3 Å². The molecule has 3 heteroatoms. The second-order valence-electron chi connectivity index (χ2n) is 3.70. The van der Waals surface area contributed by atoms with Crippen LogP contribution in [-0.2, 0) is 0 Å². The molecule has 1 unspecified atom stereocenters. The lowest BCUT2D eigenvalue weighted by atomic mass is 10.1. The zero-order chi connectivity index (χ0) is 9.42. The third-order valence-electron chi connectivity index (χ3n) is 2.38. The summed E-state index contributed by atoms with van der Waals surface area (Å²) < 4.78 is 0. The molecule has 0 bridgehead atoms. The van der Waals surface area contributed by atoms with Crippen LogP contribution in [0.5, 0.6) is 0 Å². The number of nitrogens with one attached hydrogen (secondary N) is 1. The Morgan fingerprint density at radius 3 is 3.08 bits per heavy atom. The van der Waals surface area contributed by atoms with E-state index < -0.39 is 0 Å². The highest BCUT2D eigenvalue weighted by molar-refractivity contribution is 5.75. The van der Waals surface area contributed by atoms with Gasteiger partial charge in [0.25, 0.3) is 0 Å². The predicted octanol–water partition coefficient (Wildman–Crippen LogP) is 1.52. The van der Waals surface area contributed by atoms with Gasteiger partial charge in [0, 0.05) is 25.3 Å². The molecule has 1 aromatic carbocycles. The first-order chi connectivity index (χ1) is 6.16. The lowest BCUT2D eigenvalue weighted by Gasteiger charge is -2.33. The molecule has 1 aliphatic rings. The highest BCUT2D eigenvalue weighted by atomic mass is 15.2. The Balaban J connectivity index is 2.43. The van der Waals surface area contributed by atoms with Gasteiger partial charge in [0.2, 0.25) is 0 Å². The summed E-state index contributed by atoms with van der Waals surface area (Å²) in [5.41, 5.74) is 8.90. The average molecular weight is 177 g/mol. The lowest BCUT2D eigenvalue weighted by Crippen LogP contribution is -2.37. The first-order valence-electron chi connectivity index (χ1n) is 4.54. The molecule has 1 aromatic rings. The van der Waals surface area contributed by atoms with Crippen LogP contribution in [0.2, 0.25) is 0 Å². The van der Waals surface area contributed by atoms with E-state index in [1.165, 1.54) is 5.69 Å². The minimum absolute atomic E-state index is 0.485. The first kappa shape index (κ1) is 8.23. The van der Waals surface area contributed by atoms with Gasteiger partial charge in [-0.2, -0.15) is 0 Å². The van der Waals surface area contributed by atoms with Crippen LogP contribution in [0.25, 0.3) is 0 Å². The Morgan fingerprint density at radius 1 is 1.54 bits per heavy atom. The SMILES string of the molecule is CC1CN(C)c2ccc(N)cc2N1. The molecule has 1 aliphatic heterocycles. The molecule has 0 fully saturated rings. The summed E-state index contributed by atoms with van der Waals surface area (Å²) in [5.74, 6) is 0. The van der Waals surface area contributed by atoms with Gasteiger partial charge in [0.05, 0.1) is 11.4 Å². The fraction of sp³-hybridized carbons (Fsp3) is 0.400. The number of hydrogen-bond acceptors (Lipinski definition) is 3. The van der Waals surface area contributed by atoms with Crippen molar-refractivity contribution >= 4 is 17.1 Å². The number of likely N-dealkylation sites (N-methyl/N-ethyl adjacent to an activating group) is 1. The second-order valence-corrected chi connectivity index (χ2v) is 3.70. The van der Waals surface area contributed by atoms with Crippen LogP contribution < -0.4 is 16.0 Å². The number of benzene rings is 1. The monoisotopic (exact) mass is 177 g/mol. The molecule has 0 spiro atoms. The third kappa shape index (κ3) is 1.41. The van der Waals surface area contributed by atoms with Gasteiger partial charge in [0.1, 0.15) is 0 Å². The van der Waals surface area contributed by atoms with E-state index in [4.69, 9.17) is 5.73 Å². The van der Waals surface area contributed by atoms with Crippen molar-refractivity contribution in [3.63, 3.8) is 0 Å². The molecule has 1 atom stereocenters. The largest absolute Gasteiger partial charge is 0.399 e. The van der Waals surface area contributed by atoms with Gasteiger partial charge >= 0.3 is 0 Å². The van der Waals surface area contributed by atoms with Gasteiger partial charge < -0.3 is 16.0 Å². The van der Waals surface area contributed by atoms with Crippen molar-refractivity contribution in [2.75, 3.05) is 29.5 Å². The summed E-state index contributed by atoms with van der Waals surface area (Å²) in [6.45, 7) is 3.21. The number of nitrogens with zero attached hydrogens (tertiary/aromatic N) is 1. The summed E-state index contributed by atoms with van der Waals surface area (Å²) in [6, 6.07) is 6.47. The van der Waals surface area contributed by atoms with Crippen molar-refractivity contribution in [2.24, 2.45) is 0 Å². The van der Waals surface area contributed by atoms with Crippen LogP contribution >= 0.6 is 0 Å². The Hall–Kier alpha value is -1.38. The molecule has 0 saturated carbocycles. The van der Waals surface area contributed by atoms with Crippen molar-refractivity contribution in [1.29, 1.82) is 0 Å². The number of anilines is 3. The van der Waals surface area contributed by atoms with Crippen LogP contribution in [0.4, 0.5) is 17.1 Å². The van der Waals surface area contributed by atoms with E-state index in [0.29, 0.717) is 6.04 Å². The van der Waals surface area contributed by atoms with Gasteiger partial charge in [-0.25, -0.2) is 0 Å². The molecule has 0 aliphatic carbocycles. The maximum atomic E-state index is 5.71. The number of hydrogen-bond donors (Lipinski definition) is 2. The Morgan fingerprint density at radius 2 is 2.31 bits per heavy atom. The summed E-state index contributed by atoms with van der Waals surface area (Å²) >= 11 is 0. The smallest absolute Gasteiger partial charge is 0.0601 e. The van der Waals surface area contributed by atoms with Gasteiger partial charge in [-0.1, -0.05) is 0 Å². The molecule has 0 saturated heterocycles. The number of nitrogen functional groups attached to an aromatic ring is 1. The van der Waals surface area contributed by atoms with E-state index in [-0.39, 0.29) is 0 Å². The third-order valence-corrected chi connectivity index (χ3v) is 2.38. The highest BCUT2D eigenvalue weighted by Gasteiger charge is 2.17. The molecular formula is C10H15N3. The molecule has 2 rings (SSSR count). The van der Waals surface area contributed by atoms with Crippen molar-refractivity contribution in [2.45, 2.75) is 13.0 Å². The molecular weight excluding hydrogens is 162 g/mol. The molecule has 0 radical (unpaired) electrons. The summed E-state index contributed by atoms with van der Waals surface area (Å²) in [5, 5.41) is 3.41. The predicted molar refractivity (Wildman–Crippen MR) is 57.2 cm³/mol. The molecule has 70 valence electrons. The van der Waals surface area contributed by atoms with E-state index in [2.05, 4.69) is 30.3 Å². The summed E-state index contributed by atoms with van der Waals surface area (Å²) in [7, 11) is 2.10. The first-order valence-corrected chi connectivity index (χ1v) is 4.54. The van der Waals surface area contributed by atoms with Crippen molar-refractivity contribution in [3.05, 3.63) is 18.2 Å². The van der Waals surface area contributed by atoms with E-state index in [0.717, 1.165) is 17.9 Å². The van der Waals surface area contributed by atoms with E-state index >= 15 is 0 Å². The van der Waals surface area contributed by atoms with Gasteiger partial charge in [-0.15, -0.1) is 0 Å². The van der Waals surface area contributed by atoms with Crippen LogP contribution in [0, 0.1) is 0 Å². The maximum Gasteiger partial charge on any atom is 0.0601 e. The van der Waals surface area contributed by atoms with Gasteiger partial charge in [0.15, 0.2) is 0 Å². The van der Waals surface area contributed by atoms with Crippen molar-refractivity contribution in [3.8, 4) is 0 Å². The minimum atomic E-state index is 0.485. The molecule has 0 amide bonds. The summed E-state index contributed by atoms with van der Waals surface area (Å²) in [4.78, 5) is 2.25. The second kappa shape index (κ2) is 2.83. The number of fused-ring (bicyclic) bond motifs is 1. The molecule has 13 heavy (non-hydrogen) atoms. The Kier molecular flexibility index (Phi) is 1.79. The van der Waals surface area contributed by atoms with Crippen molar-refractivity contribution in [1.82, 2.24) is 0 Å². The molecule has 3 nitrogen and oxygen atoms in total. The zero-order valence-corrected chi connectivity index (χ0v) is 8.04. The zero-order valence-electron chi connectivity index (χ0n) is 8.04. The van der Waals surface area contributed by atoms with Gasteiger partial charge in [-0.05, 0) is 25.1 Å². The Labute approximate surface area is 78.5 Å². The van der Waals surface area contributed by atoms with Crippen LogP contribution in [-0.4, -0.2) is 19.6 Å². The van der Waals surface area contributed by atoms with E-state index in [9.17, 15) is 0 Å². The average Bonchev–Trinajstić information content (AvgIpc) is 2.02. The van der Waals surface area contributed by atoms with Crippen LogP contribution in [0.1, 0.15) is 6.92 Å². The normalized spacial score (nSPS) is 20.8. The van der Waals surface area contributed by atoms with Crippen molar-refractivity contribution < 1.29 is 0 Å². The van der Waals surface area contributed by atoms with Gasteiger partial charge in [-0.3, -0.25) is 0 Å². The minimum Gasteiger partial charge on any atom is -0.399 e. The standard InChI is InChI=1S/C10H15N3/c1-7-6-13(2)10-4-3-8(11)5-9(10)12-7/h3-5,7,12H,6,11H2,1-2H3. The fourth-order valence-electron chi connectivity index (χ4n) is 1.82. The van der Waals surface area contributed by atoms with E-state index in [1.54, 1.807) is 0 Å². The van der Waals surface area contributed by atoms with E-state index in [1.807, 2.05) is 12.1 Å². The Bertz CT molecular complexity index is 322. The lowest BCUT2D eigenvalue weighted by molar-refractivity contribution is 0.738. The maximum absolute atomic E-state index is 5.71. The molecule has 0 aromatic heterocycles. The van der Waals surface area contributed by atoms with Crippen LogP contribution in [0.15, 0.2) is 18.2 Å². The quantitative estimate of drug-likeness (QED) is 0.590.